The highest BCUT2D eigenvalue weighted by molar-refractivity contribution is 7.08. The van der Waals surface area contributed by atoms with E-state index in [4.69, 9.17) is 4.74 Å². The van der Waals surface area contributed by atoms with E-state index in [0.717, 1.165) is 30.4 Å². The first-order chi connectivity index (χ1) is 15.2. The highest BCUT2D eigenvalue weighted by atomic mass is 32.1. The first-order valence-electron chi connectivity index (χ1n) is 10.6. The second-order valence-corrected chi connectivity index (χ2v) is 8.27. The lowest BCUT2D eigenvalue weighted by molar-refractivity contribution is 0.0636. The van der Waals surface area contributed by atoms with E-state index in [1.165, 1.54) is 11.3 Å². The van der Waals surface area contributed by atoms with E-state index in [9.17, 15) is 9.59 Å². The predicted molar refractivity (Wildman–Crippen MR) is 124 cm³/mol. The van der Waals surface area contributed by atoms with Crippen molar-refractivity contribution < 1.29 is 14.3 Å². The number of thiophene rings is 1. The van der Waals surface area contributed by atoms with Gasteiger partial charge in [0.05, 0.1) is 12.2 Å². The molecular weight excluding hydrogens is 410 g/mol. The Hall–Kier alpha value is -2.90. The smallest absolute Gasteiger partial charge is 0.258 e. The molecule has 0 aliphatic carbocycles. The van der Waals surface area contributed by atoms with Gasteiger partial charge in [-0.25, -0.2) is 0 Å². The summed E-state index contributed by atoms with van der Waals surface area (Å²) >= 11 is 1.52. The van der Waals surface area contributed by atoms with Crippen LogP contribution in [0.2, 0.25) is 0 Å². The molecule has 162 valence electrons. The summed E-state index contributed by atoms with van der Waals surface area (Å²) in [6.07, 6.45) is 0. The summed E-state index contributed by atoms with van der Waals surface area (Å²) in [4.78, 5) is 29.7. The van der Waals surface area contributed by atoms with Crippen LogP contribution in [-0.2, 0) is 0 Å². The average molecular weight is 438 g/mol. The van der Waals surface area contributed by atoms with Crippen LogP contribution in [0.25, 0.3) is 10.8 Å². The molecule has 1 aromatic heterocycles. The molecule has 2 aromatic carbocycles. The van der Waals surface area contributed by atoms with Crippen LogP contribution in [-0.4, -0.2) is 67.5 Å². The minimum atomic E-state index is -0.0329. The van der Waals surface area contributed by atoms with Crippen LogP contribution in [0.15, 0.2) is 53.2 Å². The lowest BCUT2D eigenvalue weighted by Crippen LogP contribution is -2.50. The Labute approximate surface area is 186 Å². The SMILES string of the molecule is CCOc1ccc2ccccc2c1C(=O)N1CCN(CCNC(=O)c2ccsc2)CC1. The second-order valence-electron chi connectivity index (χ2n) is 7.49. The third kappa shape index (κ3) is 4.89. The molecule has 6 nitrogen and oxygen atoms in total. The van der Waals surface area contributed by atoms with E-state index in [0.29, 0.717) is 43.1 Å². The van der Waals surface area contributed by atoms with Crippen molar-refractivity contribution in [2.75, 3.05) is 45.9 Å². The molecule has 1 fully saturated rings. The predicted octanol–water partition coefficient (Wildman–Crippen LogP) is 3.49. The van der Waals surface area contributed by atoms with Crippen LogP contribution >= 0.6 is 11.3 Å². The topological polar surface area (TPSA) is 61.9 Å². The highest BCUT2D eigenvalue weighted by Crippen LogP contribution is 2.29. The summed E-state index contributed by atoms with van der Waals surface area (Å²) in [5.41, 5.74) is 1.36. The van der Waals surface area contributed by atoms with Crippen molar-refractivity contribution in [2.45, 2.75) is 6.92 Å². The minimum absolute atomic E-state index is 0.0191. The van der Waals surface area contributed by atoms with E-state index in [1.54, 1.807) is 0 Å². The Morgan fingerprint density at radius 1 is 1.06 bits per heavy atom. The molecule has 1 aliphatic rings. The number of hydrogen-bond donors (Lipinski definition) is 1. The zero-order valence-corrected chi connectivity index (χ0v) is 18.5. The Morgan fingerprint density at radius 2 is 1.87 bits per heavy atom. The molecule has 1 aliphatic heterocycles. The van der Waals surface area contributed by atoms with Crippen molar-refractivity contribution in [1.29, 1.82) is 0 Å². The molecule has 3 aromatic rings. The van der Waals surface area contributed by atoms with Gasteiger partial charge >= 0.3 is 0 Å². The molecule has 31 heavy (non-hydrogen) atoms. The number of nitrogens with one attached hydrogen (secondary N) is 1. The normalized spacial score (nSPS) is 14.5. The van der Waals surface area contributed by atoms with Gasteiger partial charge < -0.3 is 15.0 Å². The van der Waals surface area contributed by atoms with Crippen LogP contribution < -0.4 is 10.1 Å². The molecule has 2 amide bonds. The lowest BCUT2D eigenvalue weighted by Gasteiger charge is -2.35. The molecule has 7 heteroatoms. The molecule has 0 atom stereocenters. The van der Waals surface area contributed by atoms with Crippen LogP contribution in [0.5, 0.6) is 5.75 Å². The Kier molecular flexibility index (Phi) is 6.84. The average Bonchev–Trinajstić information content (AvgIpc) is 3.34. The number of hydrogen-bond acceptors (Lipinski definition) is 5. The van der Waals surface area contributed by atoms with E-state index in [2.05, 4.69) is 10.2 Å². The lowest BCUT2D eigenvalue weighted by atomic mass is 10.0. The van der Waals surface area contributed by atoms with Gasteiger partial charge in [-0.05, 0) is 35.2 Å². The van der Waals surface area contributed by atoms with E-state index in [-0.39, 0.29) is 11.8 Å². The van der Waals surface area contributed by atoms with Crippen molar-refractivity contribution in [3.05, 3.63) is 64.4 Å². The molecule has 1 N–H and O–H groups in total. The fourth-order valence-electron chi connectivity index (χ4n) is 3.90. The maximum absolute atomic E-state index is 13.4. The molecule has 4 rings (SSSR count). The van der Waals surface area contributed by atoms with Crippen molar-refractivity contribution >= 4 is 33.9 Å². The first-order valence-corrected chi connectivity index (χ1v) is 11.6. The molecule has 0 spiro atoms. The van der Waals surface area contributed by atoms with Gasteiger partial charge in [0.2, 0.25) is 0 Å². The first kappa shape index (κ1) is 21.3. The molecule has 0 saturated carbocycles. The number of ether oxygens (including phenoxy) is 1. The summed E-state index contributed by atoms with van der Waals surface area (Å²) in [5, 5.41) is 8.68. The van der Waals surface area contributed by atoms with Gasteiger partial charge in [-0.3, -0.25) is 14.5 Å². The van der Waals surface area contributed by atoms with Crippen molar-refractivity contribution in [2.24, 2.45) is 0 Å². The molecule has 0 unspecified atom stereocenters. The molecule has 0 radical (unpaired) electrons. The quantitative estimate of drug-likeness (QED) is 0.615. The number of amides is 2. The van der Waals surface area contributed by atoms with Gasteiger partial charge in [-0.2, -0.15) is 11.3 Å². The largest absolute Gasteiger partial charge is 0.493 e. The number of benzene rings is 2. The molecule has 1 saturated heterocycles. The van der Waals surface area contributed by atoms with Gasteiger partial charge in [-0.15, -0.1) is 0 Å². The van der Waals surface area contributed by atoms with Gasteiger partial charge in [-0.1, -0.05) is 30.3 Å². The zero-order chi connectivity index (χ0) is 21.6. The summed E-state index contributed by atoms with van der Waals surface area (Å²) < 4.78 is 5.79. The summed E-state index contributed by atoms with van der Waals surface area (Å²) in [6, 6.07) is 13.7. The summed E-state index contributed by atoms with van der Waals surface area (Å²) in [5.74, 6) is 0.630. The van der Waals surface area contributed by atoms with Crippen molar-refractivity contribution in [1.82, 2.24) is 15.1 Å². The zero-order valence-electron chi connectivity index (χ0n) is 17.7. The number of nitrogens with zero attached hydrogens (tertiary/aromatic N) is 2. The molecule has 2 heterocycles. The Morgan fingerprint density at radius 3 is 2.61 bits per heavy atom. The Balaban J connectivity index is 1.36. The third-order valence-electron chi connectivity index (χ3n) is 5.56. The van der Waals surface area contributed by atoms with Crippen LogP contribution in [0, 0.1) is 0 Å². The fraction of sp³-hybridized carbons (Fsp3) is 0.333. The summed E-state index contributed by atoms with van der Waals surface area (Å²) in [7, 11) is 0. The fourth-order valence-corrected chi connectivity index (χ4v) is 4.54. The van der Waals surface area contributed by atoms with Crippen LogP contribution in [0.3, 0.4) is 0 Å². The number of piperazine rings is 1. The number of carbonyl (C=O) groups is 2. The highest BCUT2D eigenvalue weighted by Gasteiger charge is 2.26. The number of carbonyl (C=O) groups excluding carboxylic acids is 2. The van der Waals surface area contributed by atoms with Gasteiger partial charge in [0.25, 0.3) is 11.8 Å². The Bertz CT molecular complexity index is 1040. The number of rotatable bonds is 7. The van der Waals surface area contributed by atoms with E-state index in [1.807, 2.05) is 65.0 Å². The van der Waals surface area contributed by atoms with E-state index < -0.39 is 0 Å². The minimum Gasteiger partial charge on any atom is -0.493 e. The molecule has 0 bridgehead atoms. The molecular formula is C24H27N3O3S. The third-order valence-corrected chi connectivity index (χ3v) is 6.24. The van der Waals surface area contributed by atoms with Crippen molar-refractivity contribution in [3.8, 4) is 5.75 Å². The second kappa shape index (κ2) is 9.94. The van der Waals surface area contributed by atoms with Crippen LogP contribution in [0.4, 0.5) is 0 Å². The standard InChI is InChI=1S/C24H27N3O3S/c1-2-30-21-8-7-18-5-3-4-6-20(18)22(21)24(29)27-14-12-26(13-15-27)11-10-25-23(28)19-9-16-31-17-19/h3-9,16-17H,2,10-15H2,1H3,(H,25,28). The van der Waals surface area contributed by atoms with Gasteiger partial charge in [0, 0.05) is 50.2 Å². The van der Waals surface area contributed by atoms with Crippen LogP contribution in [0.1, 0.15) is 27.6 Å². The maximum Gasteiger partial charge on any atom is 0.258 e. The van der Waals surface area contributed by atoms with Gasteiger partial charge in [0.15, 0.2) is 0 Å². The van der Waals surface area contributed by atoms with Crippen molar-refractivity contribution in [3.63, 3.8) is 0 Å². The monoisotopic (exact) mass is 437 g/mol. The number of fused-ring (bicyclic) bond motifs is 1. The van der Waals surface area contributed by atoms with E-state index >= 15 is 0 Å². The summed E-state index contributed by atoms with van der Waals surface area (Å²) in [6.45, 7) is 6.71. The van der Waals surface area contributed by atoms with Gasteiger partial charge in [0.1, 0.15) is 5.75 Å². The maximum atomic E-state index is 13.4.